The molecule has 0 bridgehead atoms. The van der Waals surface area contributed by atoms with Crippen LogP contribution in [-0.4, -0.2) is 57.0 Å². The third-order valence-corrected chi connectivity index (χ3v) is 10.4. The third kappa shape index (κ3) is 3.64. The van der Waals surface area contributed by atoms with Gasteiger partial charge < -0.3 is 9.84 Å². The highest BCUT2D eigenvalue weighted by atomic mass is 35.5. The summed E-state index contributed by atoms with van der Waals surface area (Å²) in [5.41, 5.74) is 0.839. The zero-order chi connectivity index (χ0) is 29.4. The van der Waals surface area contributed by atoms with Crippen molar-refractivity contribution >= 4 is 52.5 Å². The van der Waals surface area contributed by atoms with Crippen LogP contribution in [0.25, 0.3) is 0 Å². The summed E-state index contributed by atoms with van der Waals surface area (Å²) in [5.74, 6) is -5.97. The Morgan fingerprint density at radius 1 is 1.02 bits per heavy atom. The van der Waals surface area contributed by atoms with Gasteiger partial charge in [0.15, 0.2) is 9.75 Å². The summed E-state index contributed by atoms with van der Waals surface area (Å²) in [4.78, 5) is 53.3. The van der Waals surface area contributed by atoms with Gasteiger partial charge in [-0.15, -0.1) is 23.2 Å². The van der Waals surface area contributed by atoms with Crippen LogP contribution in [0, 0.1) is 23.6 Å². The number of rotatable bonds is 5. The van der Waals surface area contributed by atoms with Crippen molar-refractivity contribution < 1.29 is 33.4 Å². The van der Waals surface area contributed by atoms with Crippen LogP contribution in [0.5, 0.6) is 11.5 Å². The molecule has 3 fully saturated rings. The smallest absolute Gasteiger partial charge is 0.258 e. The average molecular weight is 601 g/mol. The van der Waals surface area contributed by atoms with Gasteiger partial charge in [0.2, 0.25) is 11.8 Å². The Hall–Kier alpha value is -3.43. The summed E-state index contributed by atoms with van der Waals surface area (Å²) >= 11 is 14.6. The van der Waals surface area contributed by atoms with Crippen LogP contribution >= 0.6 is 23.2 Å². The number of fused-ring (bicyclic) bond motifs is 4. The lowest BCUT2D eigenvalue weighted by molar-refractivity contribution is -0.140. The number of carbonyl (C=O) groups is 4. The summed E-state index contributed by atoms with van der Waals surface area (Å²) in [6.45, 7) is 2.14. The van der Waals surface area contributed by atoms with Gasteiger partial charge in [0, 0.05) is 18.0 Å². The lowest BCUT2D eigenvalue weighted by atomic mass is 9.56. The molecular formula is C30H27Cl2FN2O6. The molecule has 4 aliphatic rings. The van der Waals surface area contributed by atoms with Crippen LogP contribution < -0.4 is 9.64 Å². The third-order valence-electron chi connectivity index (χ3n) is 8.98. The molecule has 6 rings (SSSR count). The van der Waals surface area contributed by atoms with Gasteiger partial charge in [0.25, 0.3) is 11.8 Å². The van der Waals surface area contributed by atoms with Gasteiger partial charge in [-0.25, -0.2) is 9.29 Å². The second kappa shape index (κ2) is 9.56. The van der Waals surface area contributed by atoms with Crippen molar-refractivity contribution in [1.29, 1.82) is 0 Å². The van der Waals surface area contributed by atoms with E-state index in [0.29, 0.717) is 17.7 Å². The molecule has 1 saturated carbocycles. The molecule has 2 aliphatic heterocycles. The van der Waals surface area contributed by atoms with Crippen molar-refractivity contribution in [3.63, 3.8) is 0 Å². The summed E-state index contributed by atoms with van der Waals surface area (Å²) in [7, 11) is 1.44. The van der Waals surface area contributed by atoms with Crippen LogP contribution in [-0.2, 0) is 19.2 Å². The number of likely N-dealkylation sites (tertiary alicyclic amines) is 1. The zero-order valence-corrected chi connectivity index (χ0v) is 23.8. The molecule has 8 nitrogen and oxygen atoms in total. The summed E-state index contributed by atoms with van der Waals surface area (Å²) < 4.78 is 19.1. The number of methoxy groups -OCH3 is 1. The lowest BCUT2D eigenvalue weighted by Crippen LogP contribution is -2.60. The Morgan fingerprint density at radius 2 is 1.73 bits per heavy atom. The molecule has 6 unspecified atom stereocenters. The molecule has 41 heavy (non-hydrogen) atoms. The second-order valence-corrected chi connectivity index (χ2v) is 12.2. The molecule has 0 radical (unpaired) electrons. The van der Waals surface area contributed by atoms with E-state index in [4.69, 9.17) is 27.9 Å². The number of allylic oxidation sites excluding steroid dienone is 2. The molecule has 0 spiro atoms. The van der Waals surface area contributed by atoms with E-state index in [0.717, 1.165) is 17.0 Å². The van der Waals surface area contributed by atoms with Gasteiger partial charge in [-0.05, 0) is 67.6 Å². The minimum absolute atomic E-state index is 0.0838. The highest BCUT2D eigenvalue weighted by Gasteiger charge is 2.76. The molecule has 214 valence electrons. The Labute approximate surface area is 245 Å². The maximum absolute atomic E-state index is 14.3. The van der Waals surface area contributed by atoms with Crippen molar-refractivity contribution in [2.75, 3.05) is 18.6 Å². The van der Waals surface area contributed by atoms with Crippen molar-refractivity contribution in [2.45, 2.75) is 41.9 Å². The molecule has 2 heterocycles. The van der Waals surface area contributed by atoms with Crippen LogP contribution in [0.3, 0.4) is 0 Å². The zero-order valence-electron chi connectivity index (χ0n) is 22.3. The van der Waals surface area contributed by atoms with E-state index in [1.165, 1.54) is 42.3 Å². The summed E-state index contributed by atoms with van der Waals surface area (Å²) in [5, 5.41) is 11.1. The maximum atomic E-state index is 14.3. The molecule has 6 atom stereocenters. The van der Waals surface area contributed by atoms with Gasteiger partial charge >= 0.3 is 0 Å². The van der Waals surface area contributed by atoms with Crippen LogP contribution in [0.4, 0.5) is 10.1 Å². The maximum Gasteiger partial charge on any atom is 0.258 e. The predicted molar refractivity (Wildman–Crippen MR) is 148 cm³/mol. The SMILES string of the molecule is CCCN1C(=O)C2CC=C3C(CC4(Cl)C(=O)N(c5ccc(F)cc5)C(=O)C4(Cl)C3c3cc(OC)ccc3O)C2C1=O. The van der Waals surface area contributed by atoms with Gasteiger partial charge in [-0.2, -0.15) is 0 Å². The number of nitrogens with zero attached hydrogens (tertiary/aromatic N) is 2. The molecule has 2 aromatic rings. The number of anilines is 1. The number of hydrogen-bond acceptors (Lipinski definition) is 6. The first kappa shape index (κ1) is 27.7. The topological polar surface area (TPSA) is 104 Å². The van der Waals surface area contributed by atoms with Crippen molar-refractivity contribution in [1.82, 2.24) is 4.90 Å². The Bertz CT molecular complexity index is 1530. The molecule has 0 aromatic heterocycles. The number of phenolic OH excluding ortho intramolecular Hbond substituents is 1. The number of phenols is 1. The fraction of sp³-hybridized carbons (Fsp3) is 0.400. The molecular weight excluding hydrogens is 574 g/mol. The van der Waals surface area contributed by atoms with E-state index in [2.05, 4.69) is 0 Å². The van der Waals surface area contributed by atoms with Gasteiger partial charge in [-0.1, -0.05) is 18.6 Å². The van der Waals surface area contributed by atoms with Crippen LogP contribution in [0.15, 0.2) is 54.1 Å². The highest BCUT2D eigenvalue weighted by molar-refractivity contribution is 6.58. The average Bonchev–Trinajstić information content (AvgIpc) is 3.28. The van der Waals surface area contributed by atoms with E-state index in [1.54, 1.807) is 6.08 Å². The number of halogens is 3. The summed E-state index contributed by atoms with van der Waals surface area (Å²) in [6.07, 6.45) is 2.43. The summed E-state index contributed by atoms with van der Waals surface area (Å²) in [6, 6.07) is 9.25. The normalized spacial score (nSPS) is 32.6. The monoisotopic (exact) mass is 600 g/mol. The molecule has 1 N–H and O–H groups in total. The number of carbonyl (C=O) groups excluding carboxylic acids is 4. The quantitative estimate of drug-likeness (QED) is 0.307. The Morgan fingerprint density at radius 3 is 2.39 bits per heavy atom. The first-order valence-corrected chi connectivity index (χ1v) is 14.2. The van der Waals surface area contributed by atoms with Crippen molar-refractivity contribution in [2.24, 2.45) is 17.8 Å². The molecule has 2 saturated heterocycles. The van der Waals surface area contributed by atoms with Gasteiger partial charge in [0.05, 0.1) is 24.6 Å². The number of imide groups is 2. The lowest BCUT2D eigenvalue weighted by Gasteiger charge is -2.50. The van der Waals surface area contributed by atoms with Crippen molar-refractivity contribution in [3.8, 4) is 11.5 Å². The highest BCUT2D eigenvalue weighted by Crippen LogP contribution is 2.66. The number of ether oxygens (including phenoxy) is 1. The fourth-order valence-electron chi connectivity index (χ4n) is 7.14. The van der Waals surface area contributed by atoms with Gasteiger partial charge in [0.1, 0.15) is 17.3 Å². The number of amides is 4. The minimum Gasteiger partial charge on any atom is -0.508 e. The molecule has 2 aromatic carbocycles. The second-order valence-electron chi connectivity index (χ2n) is 11.0. The molecule has 2 aliphatic carbocycles. The number of aromatic hydroxyl groups is 1. The van der Waals surface area contributed by atoms with Crippen LogP contribution in [0.2, 0.25) is 0 Å². The Balaban J connectivity index is 1.57. The van der Waals surface area contributed by atoms with E-state index < -0.39 is 51.1 Å². The number of benzene rings is 2. The van der Waals surface area contributed by atoms with E-state index in [9.17, 15) is 28.7 Å². The number of hydrogen-bond donors (Lipinski definition) is 1. The number of alkyl halides is 2. The largest absolute Gasteiger partial charge is 0.508 e. The van der Waals surface area contributed by atoms with E-state index in [1.807, 2.05) is 6.92 Å². The van der Waals surface area contributed by atoms with Crippen LogP contribution in [0.1, 0.15) is 37.7 Å². The molecule has 4 amide bonds. The van der Waals surface area contributed by atoms with E-state index in [-0.39, 0.29) is 48.2 Å². The standard InChI is InChI=1S/C30H27Cl2FN2O6/c1-3-12-34-25(37)19-10-9-18-21(23(19)26(34)38)14-29(31)27(39)35(16-6-4-15(33)5-7-16)28(40)30(29,32)24(18)20-13-17(41-2)8-11-22(20)36/h4-9,11,13,19,21,23-24,36H,3,10,12,14H2,1-2H3. The first-order chi connectivity index (χ1) is 19.5. The van der Waals surface area contributed by atoms with Crippen molar-refractivity contribution in [3.05, 3.63) is 65.5 Å². The van der Waals surface area contributed by atoms with E-state index >= 15 is 0 Å². The molecule has 11 heteroatoms. The first-order valence-electron chi connectivity index (χ1n) is 13.4. The minimum atomic E-state index is -2.13. The van der Waals surface area contributed by atoms with Gasteiger partial charge in [-0.3, -0.25) is 24.1 Å². The predicted octanol–water partition coefficient (Wildman–Crippen LogP) is 4.51. The fourth-order valence-corrected chi connectivity index (χ4v) is 8.07. The Kier molecular flexibility index (Phi) is 6.46.